The molecule has 2 rings (SSSR count). The number of aromatic nitrogens is 3. The summed E-state index contributed by atoms with van der Waals surface area (Å²) in [5, 5.41) is 9.73. The van der Waals surface area contributed by atoms with Crippen LogP contribution in [-0.2, 0) is 12.0 Å². The molecule has 0 bridgehead atoms. The van der Waals surface area contributed by atoms with Gasteiger partial charge in [0, 0.05) is 11.8 Å². The second-order valence-corrected chi connectivity index (χ2v) is 33.8. The summed E-state index contributed by atoms with van der Waals surface area (Å²) in [7, 11) is 0. The zero-order chi connectivity index (χ0) is 15.0. The molecule has 1 aromatic carbocycles. The fourth-order valence-corrected chi connectivity index (χ4v) is 1.21. The Kier molecular flexibility index (Phi) is 8.74. The van der Waals surface area contributed by atoms with Crippen LogP contribution in [0, 0.1) is 6.92 Å². The van der Waals surface area contributed by atoms with Crippen molar-refractivity contribution in [2.24, 2.45) is 4.99 Å². The van der Waals surface area contributed by atoms with E-state index in [2.05, 4.69) is 59.0 Å². The van der Waals surface area contributed by atoms with Crippen molar-refractivity contribution in [2.45, 2.75) is 6.92 Å². The summed E-state index contributed by atoms with van der Waals surface area (Å²) < 4.78 is 0. The minimum atomic E-state index is -1.01. The van der Waals surface area contributed by atoms with Crippen LogP contribution in [0.3, 0.4) is 0 Å². The monoisotopic (exact) mass is 544 g/mol. The van der Waals surface area contributed by atoms with Gasteiger partial charge in [-0.05, 0) is 18.6 Å². The number of halogens is 3. The third-order valence-corrected chi connectivity index (χ3v) is 2.07. The molecule has 0 atom stereocenters. The summed E-state index contributed by atoms with van der Waals surface area (Å²) in [6.45, 7) is 1.83. The zero-order valence-electron chi connectivity index (χ0n) is 10.3. The molecule has 0 aliphatic rings. The Morgan fingerprint density at radius 3 is 2.40 bits per heavy atom. The van der Waals surface area contributed by atoms with Crippen LogP contribution < -0.4 is 0 Å². The van der Waals surface area contributed by atoms with Gasteiger partial charge in [-0.15, -0.1) is 0 Å². The van der Waals surface area contributed by atoms with Crippen molar-refractivity contribution in [2.75, 3.05) is 0 Å². The van der Waals surface area contributed by atoms with Crippen molar-refractivity contribution in [3.05, 3.63) is 42.0 Å². The van der Waals surface area contributed by atoms with E-state index in [-0.39, 0.29) is 5.75 Å². The predicted molar refractivity (Wildman–Crippen MR) is 86.7 cm³/mol. The number of benzene rings is 1. The van der Waals surface area contributed by atoms with Crippen LogP contribution in [0.1, 0.15) is 11.1 Å². The molecule has 0 saturated carbocycles. The van der Waals surface area contributed by atoms with Gasteiger partial charge in [-0.2, -0.15) is 9.97 Å². The quantitative estimate of drug-likeness (QED) is 0.453. The Hall–Kier alpha value is -0.120. The van der Waals surface area contributed by atoms with Gasteiger partial charge in [0.1, 0.15) is 18.4 Å². The van der Waals surface area contributed by atoms with Crippen LogP contribution >= 0.6 is 39.1 Å². The standard InChI is InChI=1S/C11H10N4O.3BrH.Nb/c1-8-3-2-4-9(10(8)16)5-13-11-14-6-12-7-15-11;;;;/h2-7,16H,1H3;3*1H;/q;;;;+3/p-3/b13-5+;;;;. The van der Waals surface area contributed by atoms with E-state index in [1.165, 1.54) is 18.9 Å². The van der Waals surface area contributed by atoms with Crippen LogP contribution in [0.25, 0.3) is 0 Å². The van der Waals surface area contributed by atoms with Crippen LogP contribution in [0.4, 0.5) is 5.95 Å². The van der Waals surface area contributed by atoms with E-state index in [4.69, 9.17) is 0 Å². The van der Waals surface area contributed by atoms with E-state index < -0.39 is 12.0 Å². The summed E-state index contributed by atoms with van der Waals surface area (Å²) in [4.78, 5) is 15.4. The Morgan fingerprint density at radius 2 is 1.80 bits per heavy atom. The van der Waals surface area contributed by atoms with E-state index >= 15 is 0 Å². The van der Waals surface area contributed by atoms with Crippen molar-refractivity contribution < 1.29 is 17.1 Å². The van der Waals surface area contributed by atoms with Gasteiger partial charge in [-0.25, -0.2) is 9.98 Å². The number of para-hydroxylation sites is 1. The fraction of sp³-hybridized carbons (Fsp3) is 0.0909. The molecule has 0 unspecified atom stereocenters. The molecule has 0 saturated heterocycles. The van der Waals surface area contributed by atoms with Gasteiger partial charge in [0.15, 0.2) is 0 Å². The summed E-state index contributed by atoms with van der Waals surface area (Å²) in [6, 6.07) is 5.45. The summed E-state index contributed by atoms with van der Waals surface area (Å²) >= 11 is 8.85. The topological polar surface area (TPSA) is 71.3 Å². The molecule has 5 nitrogen and oxygen atoms in total. The first-order valence-electron chi connectivity index (χ1n) is 5.23. The van der Waals surface area contributed by atoms with Crippen molar-refractivity contribution in [3.8, 4) is 5.75 Å². The first-order valence-corrected chi connectivity index (χ1v) is 20.3. The Bertz CT molecular complexity index is 566. The summed E-state index contributed by atoms with van der Waals surface area (Å²) in [5.41, 5.74) is 1.44. The Labute approximate surface area is 142 Å². The number of aryl methyl sites for hydroxylation is 1. The maximum atomic E-state index is 9.73. The molecule has 0 radical (unpaired) electrons. The van der Waals surface area contributed by atoms with Gasteiger partial charge in [0.05, 0.1) is 0 Å². The van der Waals surface area contributed by atoms with Crippen LogP contribution in [0.15, 0.2) is 35.8 Å². The number of hydrogen-bond donors (Lipinski definition) is 1. The summed E-state index contributed by atoms with van der Waals surface area (Å²) in [6.07, 6.45) is 4.27. The number of phenolic OH excluding ortho intramolecular Hbond substituents is 1. The molecule has 2 aromatic rings. The third-order valence-electron chi connectivity index (χ3n) is 2.07. The van der Waals surface area contributed by atoms with Gasteiger partial charge in [-0.3, -0.25) is 0 Å². The third kappa shape index (κ3) is 7.05. The Balaban J connectivity index is 0.000000444. The van der Waals surface area contributed by atoms with Gasteiger partial charge in [0.25, 0.3) is 5.95 Å². The van der Waals surface area contributed by atoms with Gasteiger partial charge in [0.2, 0.25) is 0 Å². The van der Waals surface area contributed by atoms with Crippen LogP contribution in [0.2, 0.25) is 0 Å². The van der Waals surface area contributed by atoms with Gasteiger partial charge in [-0.1, -0.05) is 12.1 Å². The number of aromatic hydroxyl groups is 1. The van der Waals surface area contributed by atoms with Gasteiger partial charge >= 0.3 is 51.1 Å². The van der Waals surface area contributed by atoms with E-state index in [9.17, 15) is 5.11 Å². The van der Waals surface area contributed by atoms with E-state index in [0.717, 1.165) is 5.56 Å². The first kappa shape index (κ1) is 17.9. The normalized spacial score (nSPS) is 10.4. The number of hydrogen-bond acceptors (Lipinski definition) is 5. The van der Waals surface area contributed by atoms with Crippen molar-refractivity contribution in [1.82, 2.24) is 15.0 Å². The Morgan fingerprint density at radius 1 is 1.20 bits per heavy atom. The maximum absolute atomic E-state index is 9.73. The van der Waals surface area contributed by atoms with Crippen LogP contribution in [-0.4, -0.2) is 26.3 Å². The number of phenols is 1. The molecule has 1 aromatic heterocycles. The molecule has 106 valence electrons. The average molecular weight is 547 g/mol. The molecule has 0 aliphatic carbocycles. The van der Waals surface area contributed by atoms with Crippen molar-refractivity contribution in [3.63, 3.8) is 0 Å². The summed E-state index contributed by atoms with van der Waals surface area (Å²) in [5.74, 6) is 0.538. The van der Waals surface area contributed by atoms with Crippen molar-refractivity contribution in [1.29, 1.82) is 0 Å². The first-order chi connectivity index (χ1) is 9.50. The molecule has 0 aliphatic heterocycles. The van der Waals surface area contributed by atoms with E-state index in [0.29, 0.717) is 11.5 Å². The average Bonchev–Trinajstić information content (AvgIpc) is 2.41. The molecule has 0 amide bonds. The molecule has 20 heavy (non-hydrogen) atoms. The molecular weight excluding hydrogens is 537 g/mol. The molecule has 0 spiro atoms. The number of rotatable bonds is 2. The van der Waals surface area contributed by atoms with E-state index in [1.807, 2.05) is 19.1 Å². The molecule has 1 N–H and O–H groups in total. The molecule has 9 heteroatoms. The second-order valence-electron chi connectivity index (χ2n) is 3.40. The van der Waals surface area contributed by atoms with Crippen molar-refractivity contribution >= 4 is 51.2 Å². The molecule has 1 heterocycles. The zero-order valence-corrected chi connectivity index (χ0v) is 17.2. The predicted octanol–water partition coefficient (Wildman–Crippen LogP) is 4.17. The second kappa shape index (κ2) is 9.75. The number of nitrogens with zero attached hydrogens (tertiary/aromatic N) is 4. The van der Waals surface area contributed by atoms with Gasteiger partial charge < -0.3 is 5.11 Å². The van der Waals surface area contributed by atoms with E-state index in [1.54, 1.807) is 6.07 Å². The number of aliphatic imine (C=N–C) groups is 1. The van der Waals surface area contributed by atoms with Crippen LogP contribution in [0.5, 0.6) is 5.75 Å². The SMILES string of the molecule is Cc1cccc(/C=N/c2ncncn2)c1O.[Br][Nb]([Br])[Br]. The molecular formula is C11H10Br3N4NbO. The fourth-order valence-electron chi connectivity index (χ4n) is 1.21. The molecule has 0 fully saturated rings. The minimum absolute atomic E-state index is 0.223.